The third-order valence-electron chi connectivity index (χ3n) is 6.88. The number of fused-ring (bicyclic) bond motifs is 1. The summed E-state index contributed by atoms with van der Waals surface area (Å²) in [5, 5.41) is 15.2. The van der Waals surface area contributed by atoms with E-state index < -0.39 is 20.6 Å². The third-order valence-corrected chi connectivity index (χ3v) is 8.98. The van der Waals surface area contributed by atoms with Gasteiger partial charge in [0.1, 0.15) is 17.1 Å². The Bertz CT molecular complexity index is 1290. The first-order valence-electron chi connectivity index (χ1n) is 10.8. The van der Waals surface area contributed by atoms with Crippen LogP contribution in [-0.2, 0) is 9.84 Å². The summed E-state index contributed by atoms with van der Waals surface area (Å²) in [4.78, 5) is 16.2. The van der Waals surface area contributed by atoms with E-state index >= 15 is 0 Å². The average molecular weight is 456 g/mol. The Labute approximate surface area is 186 Å². The summed E-state index contributed by atoms with van der Waals surface area (Å²) < 4.78 is 31.7. The molecule has 0 unspecified atom stereocenters. The van der Waals surface area contributed by atoms with E-state index in [1.165, 1.54) is 12.3 Å². The predicted molar refractivity (Wildman–Crippen MR) is 119 cm³/mol. The summed E-state index contributed by atoms with van der Waals surface area (Å²) in [6, 6.07) is 10.8. The van der Waals surface area contributed by atoms with E-state index in [0.717, 1.165) is 37.1 Å². The van der Waals surface area contributed by atoms with Gasteiger partial charge in [-0.05, 0) is 37.8 Å². The molecule has 32 heavy (non-hydrogen) atoms. The second-order valence-electron chi connectivity index (χ2n) is 8.87. The summed E-state index contributed by atoms with van der Waals surface area (Å²) in [6.07, 6.45) is 6.27. The number of nitrogens with zero attached hydrogens (tertiary/aromatic N) is 3. The van der Waals surface area contributed by atoms with E-state index in [4.69, 9.17) is 9.84 Å². The number of hydrogen-bond donors (Lipinski definition) is 1. The quantitative estimate of drug-likeness (QED) is 0.578. The Morgan fingerprint density at radius 3 is 2.47 bits per heavy atom. The highest BCUT2D eigenvalue weighted by Gasteiger charge is 2.47. The first kappa shape index (κ1) is 20.9. The van der Waals surface area contributed by atoms with E-state index in [1.807, 2.05) is 30.3 Å². The maximum absolute atomic E-state index is 12.4. The number of benzene rings is 1. The largest absolute Gasteiger partial charge is 0.491 e. The molecule has 0 aliphatic heterocycles. The lowest BCUT2D eigenvalue weighted by molar-refractivity contribution is 0.0690. The Hall–Kier alpha value is -2.94. The van der Waals surface area contributed by atoms with Crippen LogP contribution in [0, 0.1) is 0 Å². The third kappa shape index (κ3) is 3.35. The molecule has 9 heteroatoms. The van der Waals surface area contributed by atoms with Gasteiger partial charge in [-0.2, -0.15) is 5.10 Å². The van der Waals surface area contributed by atoms with Gasteiger partial charge in [-0.3, -0.25) is 0 Å². The molecule has 8 nitrogen and oxygen atoms in total. The highest BCUT2D eigenvalue weighted by molar-refractivity contribution is 7.92. The van der Waals surface area contributed by atoms with Gasteiger partial charge in [-0.1, -0.05) is 31.0 Å². The molecule has 2 heterocycles. The van der Waals surface area contributed by atoms with E-state index in [2.05, 4.69) is 4.98 Å². The molecular formula is C23H25N3O5S. The molecule has 0 atom stereocenters. The van der Waals surface area contributed by atoms with Gasteiger partial charge >= 0.3 is 5.97 Å². The highest BCUT2D eigenvalue weighted by Crippen LogP contribution is 2.44. The molecule has 5 rings (SSSR count). The van der Waals surface area contributed by atoms with Crippen molar-refractivity contribution in [1.82, 2.24) is 14.8 Å². The second kappa shape index (κ2) is 7.58. The molecule has 168 valence electrons. The summed E-state index contributed by atoms with van der Waals surface area (Å²) in [5.74, 6) is -0.592. The van der Waals surface area contributed by atoms with Gasteiger partial charge in [-0.25, -0.2) is 22.9 Å². The number of rotatable bonds is 7. The molecule has 2 saturated carbocycles. The topological polar surface area (TPSA) is 111 Å². The van der Waals surface area contributed by atoms with E-state index in [9.17, 15) is 18.3 Å². The normalized spacial score (nSPS) is 18.2. The van der Waals surface area contributed by atoms with Crippen molar-refractivity contribution in [3.05, 3.63) is 47.8 Å². The first-order valence-corrected chi connectivity index (χ1v) is 12.7. The fourth-order valence-corrected chi connectivity index (χ4v) is 5.75. The SMILES string of the molecule is CS(=O)(=O)C1(COc2cc(C(=O)O)nc3c2c(C2CCC2)nn3-c2ccccc2)CCC1. The van der Waals surface area contributed by atoms with Crippen molar-refractivity contribution in [2.75, 3.05) is 12.9 Å². The lowest BCUT2D eigenvalue weighted by atomic mass is 9.82. The number of aromatic nitrogens is 3. The van der Waals surface area contributed by atoms with Crippen LogP contribution in [0.25, 0.3) is 16.7 Å². The number of carboxylic acid groups (broad SMARTS) is 1. The van der Waals surface area contributed by atoms with E-state index in [0.29, 0.717) is 29.6 Å². The van der Waals surface area contributed by atoms with Crippen molar-refractivity contribution in [3.8, 4) is 11.4 Å². The number of ether oxygens (including phenoxy) is 1. The monoisotopic (exact) mass is 455 g/mol. The second-order valence-corrected chi connectivity index (χ2v) is 11.3. The van der Waals surface area contributed by atoms with Gasteiger partial charge in [0.05, 0.1) is 16.8 Å². The Morgan fingerprint density at radius 2 is 1.94 bits per heavy atom. The van der Waals surface area contributed by atoms with Crippen LogP contribution in [0.4, 0.5) is 0 Å². The van der Waals surface area contributed by atoms with Crippen molar-refractivity contribution in [1.29, 1.82) is 0 Å². The van der Waals surface area contributed by atoms with Crippen LogP contribution >= 0.6 is 0 Å². The standard InChI is InChI=1S/C23H25N3O5S/c1-32(29,30)23(11-6-12-23)14-31-18-13-17(22(27)28)24-21-19(18)20(15-7-5-8-15)25-26(21)16-9-3-2-4-10-16/h2-4,9-10,13,15H,5-8,11-12,14H2,1H3,(H,27,28). The zero-order valence-corrected chi connectivity index (χ0v) is 18.6. The minimum atomic E-state index is -3.31. The van der Waals surface area contributed by atoms with Gasteiger partial charge < -0.3 is 9.84 Å². The molecule has 1 aromatic carbocycles. The summed E-state index contributed by atoms with van der Waals surface area (Å²) in [7, 11) is -3.31. The van der Waals surface area contributed by atoms with Gasteiger partial charge in [0.25, 0.3) is 0 Å². The molecule has 0 amide bonds. The molecule has 2 aromatic heterocycles. The maximum Gasteiger partial charge on any atom is 0.354 e. The molecular weight excluding hydrogens is 430 g/mol. The van der Waals surface area contributed by atoms with Gasteiger partial charge in [0.2, 0.25) is 0 Å². The lowest BCUT2D eigenvalue weighted by Gasteiger charge is -2.39. The zero-order chi connectivity index (χ0) is 22.5. The lowest BCUT2D eigenvalue weighted by Crippen LogP contribution is -2.49. The van der Waals surface area contributed by atoms with Crippen LogP contribution in [-0.4, -0.2) is 51.9 Å². The Balaban J connectivity index is 1.67. The van der Waals surface area contributed by atoms with Crippen molar-refractivity contribution >= 4 is 26.8 Å². The first-order chi connectivity index (χ1) is 15.3. The Kier molecular flexibility index (Phi) is 4.96. The molecule has 1 N–H and O–H groups in total. The minimum Gasteiger partial charge on any atom is -0.491 e. The summed E-state index contributed by atoms with van der Waals surface area (Å²) >= 11 is 0. The van der Waals surface area contributed by atoms with Gasteiger partial charge in [0.15, 0.2) is 21.2 Å². The predicted octanol–water partition coefficient (Wildman–Crippen LogP) is 3.73. The number of sulfone groups is 1. The van der Waals surface area contributed by atoms with Crippen LogP contribution in [0.5, 0.6) is 5.75 Å². The van der Waals surface area contributed by atoms with Crippen molar-refractivity contribution < 1.29 is 23.1 Å². The smallest absolute Gasteiger partial charge is 0.354 e. The molecule has 2 fully saturated rings. The van der Waals surface area contributed by atoms with Crippen LogP contribution in [0.15, 0.2) is 36.4 Å². The number of pyridine rings is 1. The Morgan fingerprint density at radius 1 is 1.22 bits per heavy atom. The molecule has 0 radical (unpaired) electrons. The van der Waals surface area contributed by atoms with E-state index in [1.54, 1.807) is 4.68 Å². The number of aromatic carboxylic acids is 1. The molecule has 2 aliphatic rings. The van der Waals surface area contributed by atoms with Gasteiger partial charge in [0, 0.05) is 18.2 Å². The molecule has 0 saturated heterocycles. The van der Waals surface area contributed by atoms with Crippen LogP contribution in [0.3, 0.4) is 0 Å². The zero-order valence-electron chi connectivity index (χ0n) is 17.8. The average Bonchev–Trinajstić information content (AvgIpc) is 3.04. The van der Waals surface area contributed by atoms with Gasteiger partial charge in [-0.15, -0.1) is 0 Å². The minimum absolute atomic E-state index is 0.00930. The van der Waals surface area contributed by atoms with E-state index in [-0.39, 0.29) is 18.2 Å². The fraction of sp³-hybridized carbons (Fsp3) is 0.435. The molecule has 2 aliphatic carbocycles. The number of para-hydroxylation sites is 1. The maximum atomic E-state index is 12.4. The van der Waals surface area contributed by atoms with Crippen LogP contribution < -0.4 is 4.74 Å². The molecule has 0 bridgehead atoms. The molecule has 3 aromatic rings. The van der Waals surface area contributed by atoms with Crippen molar-refractivity contribution in [3.63, 3.8) is 0 Å². The number of hydrogen-bond acceptors (Lipinski definition) is 6. The fourth-order valence-electron chi connectivity index (χ4n) is 4.45. The number of carboxylic acids is 1. The number of carbonyl (C=O) groups is 1. The summed E-state index contributed by atoms with van der Waals surface area (Å²) in [6.45, 7) is -0.00930. The highest BCUT2D eigenvalue weighted by atomic mass is 32.2. The van der Waals surface area contributed by atoms with Crippen molar-refractivity contribution in [2.45, 2.75) is 49.2 Å². The molecule has 0 spiro atoms. The summed E-state index contributed by atoms with van der Waals surface area (Å²) in [5.41, 5.74) is 1.86. The van der Waals surface area contributed by atoms with Crippen LogP contribution in [0.2, 0.25) is 0 Å². The van der Waals surface area contributed by atoms with Crippen LogP contribution in [0.1, 0.15) is 60.6 Å². The van der Waals surface area contributed by atoms with Crippen molar-refractivity contribution in [2.24, 2.45) is 0 Å².